The number of nitrogens with two attached hydrogens (primary N) is 1. The minimum absolute atomic E-state index is 0.128. The van der Waals surface area contributed by atoms with E-state index in [-0.39, 0.29) is 11.3 Å². The number of aliphatic carboxylic acids is 1. The average molecular weight is 256 g/mol. The third kappa shape index (κ3) is 3.70. The zero-order valence-electron chi connectivity index (χ0n) is 11.3. The molecule has 1 aliphatic rings. The number of amides is 1. The van der Waals surface area contributed by atoms with E-state index in [0.717, 1.165) is 25.7 Å². The van der Waals surface area contributed by atoms with Crippen molar-refractivity contribution in [2.75, 3.05) is 6.54 Å². The fraction of sp³-hybridized carbons (Fsp3) is 0.846. The van der Waals surface area contributed by atoms with Crippen LogP contribution in [-0.4, -0.2) is 29.1 Å². The van der Waals surface area contributed by atoms with Crippen LogP contribution in [0.5, 0.6) is 0 Å². The van der Waals surface area contributed by atoms with E-state index < -0.39 is 11.5 Å². The molecule has 0 radical (unpaired) electrons. The van der Waals surface area contributed by atoms with Gasteiger partial charge in [0.15, 0.2) is 0 Å². The van der Waals surface area contributed by atoms with Crippen molar-refractivity contribution in [3.8, 4) is 0 Å². The molecule has 104 valence electrons. The molecular weight excluding hydrogens is 232 g/mol. The summed E-state index contributed by atoms with van der Waals surface area (Å²) >= 11 is 0. The summed E-state index contributed by atoms with van der Waals surface area (Å²) in [6, 6.07) is 0. The van der Waals surface area contributed by atoms with Crippen LogP contribution in [0, 0.1) is 5.41 Å². The summed E-state index contributed by atoms with van der Waals surface area (Å²) in [6.45, 7) is 3.47. The van der Waals surface area contributed by atoms with Gasteiger partial charge in [0.05, 0.1) is 0 Å². The first-order chi connectivity index (χ1) is 8.31. The highest BCUT2D eigenvalue weighted by Gasteiger charge is 2.36. The summed E-state index contributed by atoms with van der Waals surface area (Å²) in [5.41, 5.74) is 4.47. The molecule has 0 bridgehead atoms. The van der Waals surface area contributed by atoms with Gasteiger partial charge in [0.2, 0.25) is 5.91 Å². The summed E-state index contributed by atoms with van der Waals surface area (Å²) in [5.74, 6) is -1.24. The molecule has 0 aromatic heterocycles. The van der Waals surface area contributed by atoms with Crippen molar-refractivity contribution in [1.82, 2.24) is 5.32 Å². The number of carbonyl (C=O) groups excluding carboxylic acids is 1. The van der Waals surface area contributed by atoms with E-state index in [1.807, 2.05) is 0 Å². The van der Waals surface area contributed by atoms with Gasteiger partial charge >= 0.3 is 5.97 Å². The monoisotopic (exact) mass is 256 g/mol. The zero-order chi connectivity index (χ0) is 13.8. The number of nitrogens with one attached hydrogen (secondary N) is 1. The molecule has 1 saturated carbocycles. The molecule has 1 rings (SSSR count). The lowest BCUT2D eigenvalue weighted by Crippen LogP contribution is -2.51. The summed E-state index contributed by atoms with van der Waals surface area (Å²) in [5, 5.41) is 11.5. The van der Waals surface area contributed by atoms with Crippen LogP contribution < -0.4 is 11.1 Å². The highest BCUT2D eigenvalue weighted by atomic mass is 16.4. The number of carbonyl (C=O) groups is 2. The summed E-state index contributed by atoms with van der Waals surface area (Å²) < 4.78 is 0. The van der Waals surface area contributed by atoms with E-state index in [1.54, 1.807) is 0 Å². The molecule has 0 unspecified atom stereocenters. The number of rotatable bonds is 5. The molecule has 1 fully saturated rings. The van der Waals surface area contributed by atoms with Crippen molar-refractivity contribution < 1.29 is 14.7 Å². The lowest BCUT2D eigenvalue weighted by Gasteiger charge is -2.36. The first-order valence-electron chi connectivity index (χ1n) is 6.56. The van der Waals surface area contributed by atoms with Gasteiger partial charge in [0.1, 0.15) is 5.54 Å². The molecule has 4 N–H and O–H groups in total. The van der Waals surface area contributed by atoms with Gasteiger partial charge < -0.3 is 16.2 Å². The Balaban J connectivity index is 2.60. The Hall–Kier alpha value is -1.10. The van der Waals surface area contributed by atoms with E-state index in [4.69, 9.17) is 10.8 Å². The van der Waals surface area contributed by atoms with Crippen molar-refractivity contribution in [2.24, 2.45) is 11.1 Å². The van der Waals surface area contributed by atoms with Crippen LogP contribution >= 0.6 is 0 Å². The number of hydrogen-bond donors (Lipinski definition) is 3. The second-order valence-electron chi connectivity index (χ2n) is 5.92. The Labute approximate surface area is 108 Å². The minimum Gasteiger partial charge on any atom is -0.480 e. The van der Waals surface area contributed by atoms with E-state index in [1.165, 1.54) is 20.3 Å². The molecule has 1 aliphatic carbocycles. The SMILES string of the molecule is CC(C)(NC(=O)CC1(CN)CCCCC1)C(=O)O. The van der Waals surface area contributed by atoms with Crippen molar-refractivity contribution in [2.45, 2.75) is 57.9 Å². The Kier molecular flexibility index (Phi) is 4.73. The smallest absolute Gasteiger partial charge is 0.328 e. The average Bonchev–Trinajstić information content (AvgIpc) is 2.29. The van der Waals surface area contributed by atoms with Crippen LogP contribution in [0.15, 0.2) is 0 Å². The van der Waals surface area contributed by atoms with Crippen LogP contribution in [0.3, 0.4) is 0 Å². The van der Waals surface area contributed by atoms with Gasteiger partial charge in [0.25, 0.3) is 0 Å². The molecule has 1 amide bonds. The molecule has 0 atom stereocenters. The summed E-state index contributed by atoms with van der Waals surface area (Å²) in [6.07, 6.45) is 5.67. The van der Waals surface area contributed by atoms with Gasteiger partial charge in [-0.05, 0) is 38.6 Å². The van der Waals surface area contributed by atoms with E-state index >= 15 is 0 Å². The molecule has 0 saturated heterocycles. The van der Waals surface area contributed by atoms with Crippen molar-refractivity contribution >= 4 is 11.9 Å². The van der Waals surface area contributed by atoms with Crippen LogP contribution in [0.25, 0.3) is 0 Å². The predicted molar refractivity (Wildman–Crippen MR) is 69.0 cm³/mol. The summed E-state index contributed by atoms with van der Waals surface area (Å²) in [7, 11) is 0. The largest absolute Gasteiger partial charge is 0.480 e. The Morgan fingerprint density at radius 1 is 1.28 bits per heavy atom. The Morgan fingerprint density at radius 2 is 1.83 bits per heavy atom. The standard InChI is InChI=1S/C13H24N2O3/c1-12(2,11(17)18)15-10(16)8-13(9-14)6-4-3-5-7-13/h3-9,14H2,1-2H3,(H,15,16)(H,17,18). The van der Waals surface area contributed by atoms with E-state index in [2.05, 4.69) is 5.32 Å². The van der Waals surface area contributed by atoms with Crippen LogP contribution in [0.1, 0.15) is 52.4 Å². The van der Waals surface area contributed by atoms with E-state index in [9.17, 15) is 9.59 Å². The maximum atomic E-state index is 12.0. The molecule has 0 aromatic carbocycles. The fourth-order valence-electron chi connectivity index (χ4n) is 2.54. The molecule has 5 nitrogen and oxygen atoms in total. The predicted octanol–water partition coefficient (Wildman–Crippen LogP) is 1.27. The van der Waals surface area contributed by atoms with Gasteiger partial charge in [-0.15, -0.1) is 0 Å². The van der Waals surface area contributed by atoms with Gasteiger partial charge in [-0.25, -0.2) is 4.79 Å². The highest BCUT2D eigenvalue weighted by molar-refractivity contribution is 5.86. The van der Waals surface area contributed by atoms with Crippen molar-refractivity contribution in [3.63, 3.8) is 0 Å². The maximum absolute atomic E-state index is 12.0. The van der Waals surface area contributed by atoms with Crippen molar-refractivity contribution in [1.29, 1.82) is 0 Å². The van der Waals surface area contributed by atoms with Gasteiger partial charge in [-0.3, -0.25) is 4.79 Å². The third-order valence-corrected chi connectivity index (χ3v) is 3.87. The Bertz CT molecular complexity index is 320. The minimum atomic E-state index is -1.22. The molecular formula is C13H24N2O3. The fourth-order valence-corrected chi connectivity index (χ4v) is 2.54. The number of hydrogen-bond acceptors (Lipinski definition) is 3. The van der Waals surface area contributed by atoms with Crippen LogP contribution in [0.4, 0.5) is 0 Å². The maximum Gasteiger partial charge on any atom is 0.328 e. The lowest BCUT2D eigenvalue weighted by atomic mass is 9.71. The zero-order valence-corrected chi connectivity index (χ0v) is 11.3. The topological polar surface area (TPSA) is 92.4 Å². The van der Waals surface area contributed by atoms with Gasteiger partial charge in [-0.2, -0.15) is 0 Å². The molecule has 5 heteroatoms. The van der Waals surface area contributed by atoms with Crippen LogP contribution in [-0.2, 0) is 9.59 Å². The summed E-state index contributed by atoms with van der Waals surface area (Å²) in [4.78, 5) is 22.9. The first kappa shape index (κ1) is 15.0. The molecule has 0 aliphatic heterocycles. The highest BCUT2D eigenvalue weighted by Crippen LogP contribution is 2.38. The van der Waals surface area contributed by atoms with Gasteiger partial charge in [0, 0.05) is 6.42 Å². The van der Waals surface area contributed by atoms with Crippen molar-refractivity contribution in [3.05, 3.63) is 0 Å². The molecule has 18 heavy (non-hydrogen) atoms. The number of carboxylic acid groups (broad SMARTS) is 1. The molecule has 0 heterocycles. The Morgan fingerprint density at radius 3 is 2.28 bits per heavy atom. The second kappa shape index (κ2) is 5.69. The first-order valence-corrected chi connectivity index (χ1v) is 6.56. The number of carboxylic acids is 1. The van der Waals surface area contributed by atoms with Gasteiger partial charge in [-0.1, -0.05) is 19.3 Å². The quantitative estimate of drug-likeness (QED) is 0.690. The second-order valence-corrected chi connectivity index (χ2v) is 5.92. The normalized spacial score (nSPS) is 19.3. The molecule has 0 spiro atoms. The van der Waals surface area contributed by atoms with Crippen LogP contribution in [0.2, 0.25) is 0 Å². The third-order valence-electron chi connectivity index (χ3n) is 3.87. The van der Waals surface area contributed by atoms with E-state index in [0.29, 0.717) is 13.0 Å². The molecule has 0 aromatic rings. The lowest BCUT2D eigenvalue weighted by molar-refractivity contribution is -0.146.